The fourth-order valence-electron chi connectivity index (χ4n) is 2.56. The first-order valence-corrected chi connectivity index (χ1v) is 6.13. The van der Waals surface area contributed by atoms with Crippen molar-refractivity contribution in [3.63, 3.8) is 0 Å². The predicted molar refractivity (Wildman–Crippen MR) is 70.4 cm³/mol. The second-order valence-corrected chi connectivity index (χ2v) is 5.51. The highest BCUT2D eigenvalue weighted by atomic mass is 16.7. The summed E-state index contributed by atoms with van der Waals surface area (Å²) in [5.41, 5.74) is -0.00125. The quantitative estimate of drug-likeness (QED) is 0.903. The first kappa shape index (κ1) is 13.7. The first-order valence-electron chi connectivity index (χ1n) is 6.13. The maximum absolute atomic E-state index is 11.5. The largest absolute Gasteiger partial charge is 0.481 e. The predicted octanol–water partition coefficient (Wildman–Crippen LogP) is 2.13. The third kappa shape index (κ3) is 2.38. The van der Waals surface area contributed by atoms with Gasteiger partial charge in [0.15, 0.2) is 11.5 Å². The van der Waals surface area contributed by atoms with E-state index in [0.29, 0.717) is 11.5 Å². The fourth-order valence-corrected chi connectivity index (χ4v) is 2.56. The maximum Gasteiger partial charge on any atom is 0.311 e. The first-order chi connectivity index (χ1) is 8.84. The molecule has 1 N–H and O–H groups in total. The molecule has 1 unspecified atom stereocenters. The summed E-state index contributed by atoms with van der Waals surface area (Å²) in [4.78, 5) is 13.4. The molecule has 5 heteroatoms. The molecule has 1 aromatic rings. The van der Waals surface area contributed by atoms with E-state index in [1.165, 1.54) is 0 Å². The Balaban J connectivity index is 2.43. The molecule has 5 nitrogen and oxygen atoms in total. The molecule has 0 aromatic heterocycles. The molecule has 0 saturated heterocycles. The standard InChI is InChI=1S/C14H19NO4/c1-14(2,13(16)17)12(15(3)4)9-5-6-10-11(7-9)19-8-18-10/h5-7,12H,8H2,1-4H3,(H,16,17). The third-order valence-corrected chi connectivity index (χ3v) is 3.46. The zero-order chi connectivity index (χ0) is 14.2. The summed E-state index contributed by atoms with van der Waals surface area (Å²) in [6, 6.07) is 5.33. The van der Waals surface area contributed by atoms with Crippen LogP contribution >= 0.6 is 0 Å². The van der Waals surface area contributed by atoms with Crippen molar-refractivity contribution in [3.8, 4) is 11.5 Å². The molecule has 1 aliphatic rings. The molecule has 1 atom stereocenters. The van der Waals surface area contributed by atoms with Gasteiger partial charge in [-0.05, 0) is 45.6 Å². The van der Waals surface area contributed by atoms with Crippen LogP contribution in [0.2, 0.25) is 0 Å². The number of aliphatic carboxylic acids is 1. The topological polar surface area (TPSA) is 59.0 Å². The molecular weight excluding hydrogens is 246 g/mol. The van der Waals surface area contributed by atoms with Crippen molar-refractivity contribution in [2.24, 2.45) is 5.41 Å². The molecule has 1 heterocycles. The molecule has 0 fully saturated rings. The van der Waals surface area contributed by atoms with Crippen molar-refractivity contribution in [1.82, 2.24) is 4.90 Å². The molecule has 19 heavy (non-hydrogen) atoms. The molecule has 2 rings (SSSR count). The third-order valence-electron chi connectivity index (χ3n) is 3.46. The second-order valence-electron chi connectivity index (χ2n) is 5.51. The molecule has 0 saturated carbocycles. The molecule has 0 bridgehead atoms. The number of benzene rings is 1. The van der Waals surface area contributed by atoms with E-state index in [1.54, 1.807) is 13.8 Å². The monoisotopic (exact) mass is 265 g/mol. The number of hydrogen-bond acceptors (Lipinski definition) is 4. The van der Waals surface area contributed by atoms with E-state index in [9.17, 15) is 9.90 Å². The van der Waals surface area contributed by atoms with Gasteiger partial charge in [-0.2, -0.15) is 0 Å². The van der Waals surface area contributed by atoms with Crippen LogP contribution in [-0.4, -0.2) is 36.9 Å². The van der Waals surface area contributed by atoms with Crippen LogP contribution in [0.4, 0.5) is 0 Å². The zero-order valence-electron chi connectivity index (χ0n) is 11.6. The molecule has 0 radical (unpaired) electrons. The molecule has 0 spiro atoms. The van der Waals surface area contributed by atoms with Crippen molar-refractivity contribution in [2.75, 3.05) is 20.9 Å². The van der Waals surface area contributed by atoms with Crippen molar-refractivity contribution in [2.45, 2.75) is 19.9 Å². The van der Waals surface area contributed by atoms with Crippen molar-refractivity contribution >= 4 is 5.97 Å². The Morgan fingerprint density at radius 3 is 2.53 bits per heavy atom. The van der Waals surface area contributed by atoms with Crippen molar-refractivity contribution < 1.29 is 19.4 Å². The van der Waals surface area contributed by atoms with Crippen molar-refractivity contribution in [3.05, 3.63) is 23.8 Å². The van der Waals surface area contributed by atoms with E-state index in [1.807, 2.05) is 37.2 Å². The highest BCUT2D eigenvalue weighted by Crippen LogP contribution is 2.41. The van der Waals surface area contributed by atoms with Gasteiger partial charge in [-0.25, -0.2) is 0 Å². The number of fused-ring (bicyclic) bond motifs is 1. The number of carboxylic acid groups (broad SMARTS) is 1. The highest BCUT2D eigenvalue weighted by Gasteiger charge is 2.39. The molecular formula is C14H19NO4. The van der Waals surface area contributed by atoms with Gasteiger partial charge in [-0.15, -0.1) is 0 Å². The Hall–Kier alpha value is -1.75. The van der Waals surface area contributed by atoms with Crippen LogP contribution in [0.15, 0.2) is 18.2 Å². The summed E-state index contributed by atoms with van der Waals surface area (Å²) < 4.78 is 10.6. The Morgan fingerprint density at radius 1 is 1.32 bits per heavy atom. The van der Waals surface area contributed by atoms with E-state index in [0.717, 1.165) is 5.56 Å². The van der Waals surface area contributed by atoms with Crippen molar-refractivity contribution in [1.29, 1.82) is 0 Å². The summed E-state index contributed by atoms with van der Waals surface area (Å²) in [5.74, 6) is 0.545. The number of rotatable bonds is 4. The van der Waals surface area contributed by atoms with Crippen LogP contribution in [0.3, 0.4) is 0 Å². The Kier molecular flexibility index (Phi) is 3.41. The van der Waals surface area contributed by atoms with Crippen LogP contribution in [0.25, 0.3) is 0 Å². The number of carbonyl (C=O) groups is 1. The van der Waals surface area contributed by atoms with Gasteiger partial charge in [0.05, 0.1) is 5.41 Å². The van der Waals surface area contributed by atoms with Gasteiger partial charge in [0, 0.05) is 6.04 Å². The van der Waals surface area contributed by atoms with E-state index >= 15 is 0 Å². The summed E-state index contributed by atoms with van der Waals surface area (Å²) in [6.07, 6.45) is 0. The second kappa shape index (κ2) is 4.74. The van der Waals surface area contributed by atoms with E-state index in [2.05, 4.69) is 0 Å². The molecule has 0 aliphatic carbocycles. The minimum absolute atomic E-state index is 0.216. The number of carboxylic acids is 1. The summed E-state index contributed by atoms with van der Waals surface area (Å²) in [5, 5.41) is 9.43. The molecule has 0 amide bonds. The SMILES string of the molecule is CN(C)C(c1ccc2c(c1)OCO2)C(C)(C)C(=O)O. The maximum atomic E-state index is 11.5. The van der Waals surface area contributed by atoms with Gasteiger partial charge >= 0.3 is 5.97 Å². The fraction of sp³-hybridized carbons (Fsp3) is 0.500. The summed E-state index contributed by atoms with van der Waals surface area (Å²) >= 11 is 0. The lowest BCUT2D eigenvalue weighted by atomic mass is 9.79. The lowest BCUT2D eigenvalue weighted by Gasteiger charge is -2.36. The number of hydrogen-bond donors (Lipinski definition) is 1. The van der Waals surface area contributed by atoms with Crippen LogP contribution < -0.4 is 9.47 Å². The Morgan fingerprint density at radius 2 is 1.95 bits per heavy atom. The highest BCUT2D eigenvalue weighted by molar-refractivity contribution is 5.75. The minimum Gasteiger partial charge on any atom is -0.481 e. The van der Waals surface area contributed by atoms with Crippen LogP contribution in [0, 0.1) is 5.41 Å². The smallest absolute Gasteiger partial charge is 0.311 e. The normalized spacial score (nSPS) is 15.6. The Labute approximate surface area is 112 Å². The van der Waals surface area contributed by atoms with E-state index < -0.39 is 11.4 Å². The van der Waals surface area contributed by atoms with Crippen LogP contribution in [-0.2, 0) is 4.79 Å². The molecule has 1 aromatic carbocycles. The Bertz CT molecular complexity index is 496. The van der Waals surface area contributed by atoms with Gasteiger partial charge in [-0.3, -0.25) is 4.79 Å². The van der Waals surface area contributed by atoms with Crippen LogP contribution in [0.5, 0.6) is 11.5 Å². The summed E-state index contributed by atoms with van der Waals surface area (Å²) in [6.45, 7) is 3.67. The minimum atomic E-state index is -0.906. The molecule has 1 aliphatic heterocycles. The van der Waals surface area contributed by atoms with Gasteiger partial charge in [-0.1, -0.05) is 6.07 Å². The molecule has 104 valence electrons. The van der Waals surface area contributed by atoms with Gasteiger partial charge in [0.1, 0.15) is 0 Å². The van der Waals surface area contributed by atoms with Gasteiger partial charge in [0.25, 0.3) is 0 Å². The lowest BCUT2D eigenvalue weighted by molar-refractivity contribution is -0.150. The summed E-state index contributed by atoms with van der Waals surface area (Å²) in [7, 11) is 3.75. The van der Waals surface area contributed by atoms with E-state index in [-0.39, 0.29) is 12.8 Å². The van der Waals surface area contributed by atoms with Gasteiger partial charge < -0.3 is 19.5 Å². The average molecular weight is 265 g/mol. The zero-order valence-corrected chi connectivity index (χ0v) is 11.6. The average Bonchev–Trinajstić information content (AvgIpc) is 2.75. The number of ether oxygens (including phenoxy) is 2. The van der Waals surface area contributed by atoms with Crippen LogP contribution in [0.1, 0.15) is 25.5 Å². The van der Waals surface area contributed by atoms with E-state index in [4.69, 9.17) is 9.47 Å². The lowest BCUT2D eigenvalue weighted by Crippen LogP contribution is -2.39. The van der Waals surface area contributed by atoms with Gasteiger partial charge in [0.2, 0.25) is 6.79 Å². The number of nitrogens with zero attached hydrogens (tertiary/aromatic N) is 1.